The standard InChI is InChI=1S/C23H23NOS/c1-24(2)21-17-11-10-16-20(21)22(18-12-6-4-7-13-18)23(25-3)26-19-14-8-5-9-15-19/h4-17H,1-3H3/b23-22-. The van der Waals surface area contributed by atoms with Gasteiger partial charge in [-0.05, 0) is 23.8 Å². The molecule has 0 aliphatic carbocycles. The summed E-state index contributed by atoms with van der Waals surface area (Å²) >= 11 is 1.65. The van der Waals surface area contributed by atoms with Crippen LogP contribution in [-0.4, -0.2) is 21.2 Å². The number of benzene rings is 3. The molecule has 3 rings (SSSR count). The van der Waals surface area contributed by atoms with Crippen LogP contribution in [0, 0.1) is 0 Å². The van der Waals surface area contributed by atoms with Gasteiger partial charge in [0, 0.05) is 35.8 Å². The van der Waals surface area contributed by atoms with Crippen LogP contribution >= 0.6 is 11.8 Å². The highest BCUT2D eigenvalue weighted by atomic mass is 32.2. The highest BCUT2D eigenvalue weighted by Gasteiger charge is 2.18. The summed E-state index contributed by atoms with van der Waals surface area (Å²) in [4.78, 5) is 3.29. The molecule has 0 spiro atoms. The van der Waals surface area contributed by atoms with Crippen molar-refractivity contribution in [1.29, 1.82) is 0 Å². The topological polar surface area (TPSA) is 12.5 Å². The van der Waals surface area contributed by atoms with Gasteiger partial charge in [-0.15, -0.1) is 0 Å². The van der Waals surface area contributed by atoms with Crippen molar-refractivity contribution in [3.63, 3.8) is 0 Å². The van der Waals surface area contributed by atoms with Gasteiger partial charge >= 0.3 is 0 Å². The monoisotopic (exact) mass is 361 g/mol. The smallest absolute Gasteiger partial charge is 0.166 e. The van der Waals surface area contributed by atoms with Crippen LogP contribution in [-0.2, 0) is 4.74 Å². The second kappa shape index (κ2) is 8.63. The lowest BCUT2D eigenvalue weighted by Gasteiger charge is -2.21. The van der Waals surface area contributed by atoms with E-state index in [1.165, 1.54) is 0 Å². The van der Waals surface area contributed by atoms with E-state index in [1.54, 1.807) is 18.9 Å². The third kappa shape index (κ3) is 4.12. The fraction of sp³-hybridized carbons (Fsp3) is 0.130. The minimum absolute atomic E-state index is 0.886. The fourth-order valence-corrected chi connectivity index (χ4v) is 3.77. The van der Waals surface area contributed by atoms with E-state index in [1.807, 2.05) is 24.3 Å². The number of thioether (sulfide) groups is 1. The predicted molar refractivity (Wildman–Crippen MR) is 113 cm³/mol. The molecule has 0 aliphatic rings. The Labute approximate surface area is 160 Å². The molecule has 0 saturated carbocycles. The minimum Gasteiger partial charge on any atom is -0.489 e. The molecule has 0 bridgehead atoms. The lowest BCUT2D eigenvalue weighted by atomic mass is 9.97. The van der Waals surface area contributed by atoms with Crippen molar-refractivity contribution in [3.8, 4) is 0 Å². The fourth-order valence-electron chi connectivity index (χ4n) is 2.85. The molecule has 0 N–H and O–H groups in total. The summed E-state index contributed by atoms with van der Waals surface area (Å²) in [6, 6.07) is 29.2. The molecule has 132 valence electrons. The second-order valence-electron chi connectivity index (χ2n) is 6.06. The van der Waals surface area contributed by atoms with E-state index in [0.717, 1.165) is 32.4 Å². The van der Waals surface area contributed by atoms with Crippen LogP contribution in [0.3, 0.4) is 0 Å². The maximum atomic E-state index is 5.88. The summed E-state index contributed by atoms with van der Waals surface area (Å²) < 4.78 is 5.88. The zero-order valence-electron chi connectivity index (χ0n) is 15.3. The molecule has 0 aliphatic heterocycles. The first-order valence-electron chi connectivity index (χ1n) is 8.54. The Morgan fingerprint density at radius 3 is 1.96 bits per heavy atom. The summed E-state index contributed by atoms with van der Waals surface area (Å²) in [5, 5.41) is 0.886. The van der Waals surface area contributed by atoms with Gasteiger partial charge < -0.3 is 9.64 Å². The SMILES string of the molecule is CO/C(Sc1ccccc1)=C(\c1ccccc1)c1ccccc1N(C)C. The molecule has 26 heavy (non-hydrogen) atoms. The van der Waals surface area contributed by atoms with Gasteiger partial charge in [0.15, 0.2) is 5.09 Å². The molecule has 2 nitrogen and oxygen atoms in total. The predicted octanol–water partition coefficient (Wildman–Crippen LogP) is 5.91. The molecule has 3 aromatic rings. The number of ether oxygens (including phenoxy) is 1. The molecule has 0 aromatic heterocycles. The number of hydrogen-bond acceptors (Lipinski definition) is 3. The maximum absolute atomic E-state index is 5.88. The van der Waals surface area contributed by atoms with Crippen molar-refractivity contribution in [2.45, 2.75) is 4.90 Å². The molecule has 3 heteroatoms. The summed E-state index contributed by atoms with van der Waals surface area (Å²) in [7, 11) is 5.88. The Kier molecular flexibility index (Phi) is 6.03. The van der Waals surface area contributed by atoms with Crippen LogP contribution in [0.2, 0.25) is 0 Å². The molecule has 0 unspecified atom stereocenters. The first-order chi connectivity index (χ1) is 12.7. The zero-order valence-corrected chi connectivity index (χ0v) is 16.2. The van der Waals surface area contributed by atoms with Gasteiger partial charge in [0.25, 0.3) is 0 Å². The van der Waals surface area contributed by atoms with Gasteiger partial charge in [-0.1, -0.05) is 78.5 Å². The average Bonchev–Trinajstić information content (AvgIpc) is 2.69. The average molecular weight is 362 g/mol. The molecule has 0 amide bonds. The van der Waals surface area contributed by atoms with E-state index in [4.69, 9.17) is 4.74 Å². The van der Waals surface area contributed by atoms with Gasteiger partial charge in [-0.25, -0.2) is 0 Å². The van der Waals surface area contributed by atoms with Gasteiger partial charge in [-0.2, -0.15) is 0 Å². The number of anilines is 1. The Hall–Kier alpha value is -2.65. The highest BCUT2D eigenvalue weighted by molar-refractivity contribution is 8.03. The summed E-state index contributed by atoms with van der Waals surface area (Å²) in [6.45, 7) is 0. The van der Waals surface area contributed by atoms with Crippen molar-refractivity contribution in [2.24, 2.45) is 0 Å². The van der Waals surface area contributed by atoms with Crippen molar-refractivity contribution in [3.05, 3.63) is 101 Å². The third-order valence-electron chi connectivity index (χ3n) is 4.06. The van der Waals surface area contributed by atoms with Gasteiger partial charge in [0.2, 0.25) is 0 Å². The normalized spacial score (nSPS) is 11.7. The summed E-state index contributed by atoms with van der Waals surface area (Å²) in [5.74, 6) is 0. The van der Waals surface area contributed by atoms with Crippen molar-refractivity contribution in [2.75, 3.05) is 26.1 Å². The van der Waals surface area contributed by atoms with E-state index >= 15 is 0 Å². The lowest BCUT2D eigenvalue weighted by molar-refractivity contribution is 0.327. The van der Waals surface area contributed by atoms with E-state index in [9.17, 15) is 0 Å². The van der Waals surface area contributed by atoms with Crippen LogP contribution in [0.5, 0.6) is 0 Å². The Bertz CT molecular complexity index is 873. The van der Waals surface area contributed by atoms with E-state index in [2.05, 4.69) is 79.7 Å². The van der Waals surface area contributed by atoms with Crippen molar-refractivity contribution in [1.82, 2.24) is 0 Å². The van der Waals surface area contributed by atoms with Crippen LogP contribution in [0.15, 0.2) is 94.9 Å². The van der Waals surface area contributed by atoms with E-state index < -0.39 is 0 Å². The molecular weight excluding hydrogens is 338 g/mol. The molecule has 0 fully saturated rings. The Morgan fingerprint density at radius 2 is 1.35 bits per heavy atom. The van der Waals surface area contributed by atoms with Gasteiger partial charge in [0.05, 0.1) is 7.11 Å². The summed E-state index contributed by atoms with van der Waals surface area (Å²) in [5.41, 5.74) is 4.56. The van der Waals surface area contributed by atoms with Crippen LogP contribution < -0.4 is 4.90 Å². The second-order valence-corrected chi connectivity index (χ2v) is 7.11. The van der Waals surface area contributed by atoms with Crippen molar-refractivity contribution >= 4 is 23.0 Å². The van der Waals surface area contributed by atoms with Crippen LogP contribution in [0.1, 0.15) is 11.1 Å². The Morgan fingerprint density at radius 1 is 0.769 bits per heavy atom. The largest absolute Gasteiger partial charge is 0.489 e. The minimum atomic E-state index is 0.886. The first kappa shape index (κ1) is 18.2. The van der Waals surface area contributed by atoms with Crippen LogP contribution in [0.25, 0.3) is 5.57 Å². The van der Waals surface area contributed by atoms with E-state index in [0.29, 0.717) is 0 Å². The first-order valence-corrected chi connectivity index (χ1v) is 9.35. The quantitative estimate of drug-likeness (QED) is 0.400. The molecule has 0 saturated heterocycles. The molecule has 0 atom stereocenters. The van der Waals surface area contributed by atoms with E-state index in [-0.39, 0.29) is 0 Å². The summed E-state index contributed by atoms with van der Waals surface area (Å²) in [6.07, 6.45) is 0. The third-order valence-corrected chi connectivity index (χ3v) is 5.12. The number of methoxy groups -OCH3 is 1. The molecule has 0 heterocycles. The number of rotatable bonds is 6. The highest BCUT2D eigenvalue weighted by Crippen LogP contribution is 2.39. The van der Waals surface area contributed by atoms with Gasteiger partial charge in [-0.3, -0.25) is 0 Å². The number of para-hydroxylation sites is 1. The zero-order chi connectivity index (χ0) is 18.4. The van der Waals surface area contributed by atoms with Crippen LogP contribution in [0.4, 0.5) is 5.69 Å². The number of hydrogen-bond donors (Lipinski definition) is 0. The molecule has 3 aromatic carbocycles. The maximum Gasteiger partial charge on any atom is 0.166 e. The molecule has 0 radical (unpaired) electrons. The van der Waals surface area contributed by atoms with Crippen molar-refractivity contribution < 1.29 is 4.74 Å². The van der Waals surface area contributed by atoms with Gasteiger partial charge in [0.1, 0.15) is 0 Å². The molecular formula is C23H23NOS. The number of nitrogens with zero attached hydrogens (tertiary/aromatic N) is 1. The lowest BCUT2D eigenvalue weighted by Crippen LogP contribution is -2.11. The Balaban J connectivity index is 2.21.